The van der Waals surface area contributed by atoms with Crippen LogP contribution in [0.2, 0.25) is 5.02 Å². The molecule has 0 bridgehead atoms. The maximum atomic E-state index is 12.0. The molecule has 0 aliphatic carbocycles. The number of carbonyl (C=O) groups excluding carboxylic acids is 1. The summed E-state index contributed by atoms with van der Waals surface area (Å²) in [5, 5.41) is 11.7. The highest BCUT2D eigenvalue weighted by Crippen LogP contribution is 2.23. The first kappa shape index (κ1) is 14.0. The predicted octanol–water partition coefficient (Wildman–Crippen LogP) is 2.99. The summed E-state index contributed by atoms with van der Waals surface area (Å²) in [4.78, 5) is 27.0. The van der Waals surface area contributed by atoms with Gasteiger partial charge in [-0.1, -0.05) is 17.7 Å². The molecule has 1 aromatic carbocycles. The van der Waals surface area contributed by atoms with Crippen LogP contribution in [0.5, 0.6) is 0 Å². The summed E-state index contributed by atoms with van der Waals surface area (Å²) >= 11 is 5.94. The van der Waals surface area contributed by atoms with Crippen molar-refractivity contribution in [1.29, 1.82) is 0 Å². The fourth-order valence-corrected chi connectivity index (χ4v) is 1.77. The maximum Gasteiger partial charge on any atom is 0.335 e. The third-order valence-electron chi connectivity index (χ3n) is 2.58. The smallest absolute Gasteiger partial charge is 0.335 e. The topological polar surface area (TPSA) is 79.3 Å². The highest BCUT2D eigenvalue weighted by atomic mass is 35.5. The van der Waals surface area contributed by atoms with E-state index in [9.17, 15) is 9.59 Å². The summed E-state index contributed by atoms with van der Waals surface area (Å²) in [5.74, 6) is -1.54. The van der Waals surface area contributed by atoms with Gasteiger partial charge in [-0.25, -0.2) is 9.78 Å². The number of carbonyl (C=O) groups is 2. The van der Waals surface area contributed by atoms with Gasteiger partial charge in [0, 0.05) is 5.69 Å². The minimum absolute atomic E-state index is 0.0434. The molecule has 1 amide bonds. The van der Waals surface area contributed by atoms with Crippen LogP contribution in [0.4, 0.5) is 5.69 Å². The van der Waals surface area contributed by atoms with Gasteiger partial charge < -0.3 is 10.4 Å². The Morgan fingerprint density at radius 1 is 1.25 bits per heavy atom. The van der Waals surface area contributed by atoms with E-state index in [1.807, 2.05) is 0 Å². The highest BCUT2D eigenvalue weighted by Gasteiger charge is 2.12. The second-order valence-corrected chi connectivity index (χ2v) is 4.53. The number of nitrogens with one attached hydrogen (secondary N) is 1. The van der Waals surface area contributed by atoms with Crippen molar-refractivity contribution < 1.29 is 14.7 Å². The number of hydrogen-bond donors (Lipinski definition) is 2. The van der Waals surface area contributed by atoms with E-state index >= 15 is 0 Å². The van der Waals surface area contributed by atoms with Gasteiger partial charge >= 0.3 is 5.97 Å². The molecule has 2 rings (SSSR count). The van der Waals surface area contributed by atoms with E-state index in [0.29, 0.717) is 5.69 Å². The zero-order valence-corrected chi connectivity index (χ0v) is 11.3. The van der Waals surface area contributed by atoms with Crippen LogP contribution in [0.3, 0.4) is 0 Å². The van der Waals surface area contributed by atoms with Crippen LogP contribution in [-0.4, -0.2) is 22.0 Å². The van der Waals surface area contributed by atoms with E-state index in [-0.39, 0.29) is 22.0 Å². The summed E-state index contributed by atoms with van der Waals surface area (Å²) in [6.45, 7) is 1.77. The SMILES string of the molecule is Cc1cccc(C(=O)Nc2cc(C(=O)O)ccc2Cl)n1. The molecule has 0 saturated heterocycles. The van der Waals surface area contributed by atoms with Gasteiger partial charge in [-0.3, -0.25) is 4.79 Å². The molecule has 0 spiro atoms. The lowest BCUT2D eigenvalue weighted by Crippen LogP contribution is -2.14. The number of rotatable bonds is 3. The lowest BCUT2D eigenvalue weighted by Gasteiger charge is -2.08. The second-order valence-electron chi connectivity index (χ2n) is 4.12. The average Bonchev–Trinajstić information content (AvgIpc) is 2.41. The molecule has 1 heterocycles. The summed E-state index contributed by atoms with van der Waals surface area (Å²) in [6.07, 6.45) is 0. The molecule has 0 atom stereocenters. The van der Waals surface area contributed by atoms with Crippen molar-refractivity contribution in [2.75, 3.05) is 5.32 Å². The normalized spacial score (nSPS) is 10.1. The van der Waals surface area contributed by atoms with Crippen LogP contribution in [0, 0.1) is 6.92 Å². The Morgan fingerprint density at radius 2 is 2.00 bits per heavy atom. The standard InChI is InChI=1S/C14H11ClN2O3/c1-8-3-2-4-11(16-8)13(18)17-12-7-9(14(19)20)5-6-10(12)15/h2-7H,1H3,(H,17,18)(H,19,20). The second kappa shape index (κ2) is 5.71. The fraction of sp³-hybridized carbons (Fsp3) is 0.0714. The fourth-order valence-electron chi connectivity index (χ4n) is 1.61. The minimum Gasteiger partial charge on any atom is -0.478 e. The van der Waals surface area contributed by atoms with Crippen LogP contribution < -0.4 is 5.32 Å². The molecule has 20 heavy (non-hydrogen) atoms. The number of aromatic carboxylic acids is 1. The third kappa shape index (κ3) is 3.13. The minimum atomic E-state index is -1.09. The zero-order valence-electron chi connectivity index (χ0n) is 10.6. The van der Waals surface area contributed by atoms with Crippen molar-refractivity contribution in [3.63, 3.8) is 0 Å². The van der Waals surface area contributed by atoms with Crippen molar-refractivity contribution in [3.05, 3.63) is 58.4 Å². The number of halogens is 1. The van der Waals surface area contributed by atoms with Crippen molar-refractivity contribution in [2.24, 2.45) is 0 Å². The van der Waals surface area contributed by atoms with E-state index in [2.05, 4.69) is 10.3 Å². The van der Waals surface area contributed by atoms with Crippen molar-refractivity contribution >= 4 is 29.2 Å². The lowest BCUT2D eigenvalue weighted by molar-refractivity contribution is 0.0696. The van der Waals surface area contributed by atoms with Crippen LogP contribution in [0.25, 0.3) is 0 Å². The number of hydrogen-bond acceptors (Lipinski definition) is 3. The lowest BCUT2D eigenvalue weighted by atomic mass is 10.2. The van der Waals surface area contributed by atoms with E-state index < -0.39 is 11.9 Å². The molecule has 0 aliphatic rings. The quantitative estimate of drug-likeness (QED) is 0.911. The molecule has 6 heteroatoms. The van der Waals surface area contributed by atoms with E-state index in [0.717, 1.165) is 0 Å². The monoisotopic (exact) mass is 290 g/mol. The van der Waals surface area contributed by atoms with Gasteiger partial charge in [0.05, 0.1) is 16.3 Å². The number of nitrogens with zero attached hydrogens (tertiary/aromatic N) is 1. The molecule has 2 N–H and O–H groups in total. The van der Waals surface area contributed by atoms with Crippen LogP contribution in [-0.2, 0) is 0 Å². The first-order chi connectivity index (χ1) is 9.47. The number of benzene rings is 1. The maximum absolute atomic E-state index is 12.0. The largest absolute Gasteiger partial charge is 0.478 e. The number of carboxylic acids is 1. The highest BCUT2D eigenvalue weighted by molar-refractivity contribution is 6.34. The summed E-state index contributed by atoms with van der Waals surface area (Å²) in [6, 6.07) is 9.15. The number of amides is 1. The molecule has 0 unspecified atom stereocenters. The molecule has 102 valence electrons. The van der Waals surface area contributed by atoms with Gasteiger partial charge in [0.15, 0.2) is 0 Å². The van der Waals surface area contributed by atoms with Crippen LogP contribution >= 0.6 is 11.6 Å². The van der Waals surface area contributed by atoms with Crippen molar-refractivity contribution in [2.45, 2.75) is 6.92 Å². The van der Waals surface area contributed by atoms with Gasteiger partial charge in [-0.2, -0.15) is 0 Å². The molecule has 2 aromatic rings. The molecule has 5 nitrogen and oxygen atoms in total. The van der Waals surface area contributed by atoms with Gasteiger partial charge in [0.2, 0.25) is 0 Å². The number of anilines is 1. The van der Waals surface area contributed by atoms with Gasteiger partial charge in [0.1, 0.15) is 5.69 Å². The van der Waals surface area contributed by atoms with E-state index in [4.69, 9.17) is 16.7 Å². The molecule has 0 saturated carbocycles. The van der Waals surface area contributed by atoms with Gasteiger partial charge in [-0.05, 0) is 37.3 Å². The first-order valence-electron chi connectivity index (χ1n) is 5.75. The Hall–Kier alpha value is -2.40. The van der Waals surface area contributed by atoms with Crippen LogP contribution in [0.15, 0.2) is 36.4 Å². The molecule has 0 aliphatic heterocycles. The Balaban J connectivity index is 2.27. The van der Waals surface area contributed by atoms with E-state index in [1.165, 1.54) is 18.2 Å². The Labute approximate surface area is 120 Å². The summed E-state index contributed by atoms with van der Waals surface area (Å²) < 4.78 is 0. The van der Waals surface area contributed by atoms with Gasteiger partial charge in [0.25, 0.3) is 5.91 Å². The average molecular weight is 291 g/mol. The Morgan fingerprint density at radius 3 is 2.65 bits per heavy atom. The third-order valence-corrected chi connectivity index (χ3v) is 2.91. The van der Waals surface area contributed by atoms with E-state index in [1.54, 1.807) is 25.1 Å². The summed E-state index contributed by atoms with van der Waals surface area (Å²) in [5.41, 5.74) is 1.23. The number of aryl methyl sites for hydroxylation is 1. The number of carboxylic acid groups (broad SMARTS) is 1. The Kier molecular flexibility index (Phi) is 4.00. The number of aromatic nitrogens is 1. The van der Waals surface area contributed by atoms with Crippen molar-refractivity contribution in [3.8, 4) is 0 Å². The van der Waals surface area contributed by atoms with Crippen molar-refractivity contribution in [1.82, 2.24) is 4.98 Å². The molecular formula is C14H11ClN2O3. The number of pyridine rings is 1. The zero-order chi connectivity index (χ0) is 14.7. The molecular weight excluding hydrogens is 280 g/mol. The first-order valence-corrected chi connectivity index (χ1v) is 6.13. The summed E-state index contributed by atoms with van der Waals surface area (Å²) in [7, 11) is 0. The van der Waals surface area contributed by atoms with Gasteiger partial charge in [-0.15, -0.1) is 0 Å². The predicted molar refractivity (Wildman–Crippen MR) is 75.3 cm³/mol. The molecule has 0 radical (unpaired) electrons. The molecule has 1 aromatic heterocycles. The Bertz CT molecular complexity index is 686. The van der Waals surface area contributed by atoms with Crippen LogP contribution in [0.1, 0.15) is 26.5 Å². The molecule has 0 fully saturated rings.